The quantitative estimate of drug-likeness (QED) is 0.578. The maximum absolute atomic E-state index is 11.8. The molecule has 0 aromatic rings. The van der Waals surface area contributed by atoms with Crippen molar-refractivity contribution in [3.05, 3.63) is 11.8 Å². The van der Waals surface area contributed by atoms with Gasteiger partial charge in [0.15, 0.2) is 0 Å². The van der Waals surface area contributed by atoms with Crippen molar-refractivity contribution in [2.24, 2.45) is 17.8 Å². The van der Waals surface area contributed by atoms with Gasteiger partial charge in [-0.2, -0.15) is 0 Å². The third-order valence-corrected chi connectivity index (χ3v) is 3.47. The number of rotatable bonds is 3. The standard InChI is InChI=1S/C12H17NO3/c1-7(3-11(14)16-2)13-12(15)10-5-8-4-9(8)6-10/h3,8-10H,4-6H2,1-2H3,(H,13,15). The summed E-state index contributed by atoms with van der Waals surface area (Å²) in [7, 11) is 1.32. The molecule has 2 rings (SSSR count). The molecule has 2 unspecified atom stereocenters. The third-order valence-electron chi connectivity index (χ3n) is 3.47. The number of methoxy groups -OCH3 is 1. The highest BCUT2D eigenvalue weighted by molar-refractivity contribution is 5.85. The first-order valence-electron chi connectivity index (χ1n) is 5.67. The molecule has 0 radical (unpaired) electrons. The fourth-order valence-electron chi connectivity index (χ4n) is 2.50. The number of carbonyl (C=O) groups excluding carboxylic acids is 2. The van der Waals surface area contributed by atoms with Crippen molar-refractivity contribution < 1.29 is 14.3 Å². The molecule has 0 aliphatic heterocycles. The van der Waals surface area contributed by atoms with Gasteiger partial charge < -0.3 is 10.1 Å². The molecular weight excluding hydrogens is 206 g/mol. The van der Waals surface area contributed by atoms with Gasteiger partial charge >= 0.3 is 5.97 Å². The van der Waals surface area contributed by atoms with Gasteiger partial charge in [0.2, 0.25) is 5.91 Å². The maximum atomic E-state index is 11.8. The molecule has 2 aliphatic rings. The number of hydrogen-bond acceptors (Lipinski definition) is 3. The molecule has 0 heterocycles. The van der Waals surface area contributed by atoms with E-state index in [-0.39, 0.29) is 11.8 Å². The SMILES string of the molecule is COC(=O)C=C(C)NC(=O)C1CC2CC2C1. The Morgan fingerprint density at radius 1 is 1.25 bits per heavy atom. The van der Waals surface area contributed by atoms with Crippen molar-refractivity contribution in [1.29, 1.82) is 0 Å². The van der Waals surface area contributed by atoms with E-state index < -0.39 is 5.97 Å². The Hall–Kier alpha value is -1.32. The van der Waals surface area contributed by atoms with Crippen molar-refractivity contribution in [2.75, 3.05) is 7.11 Å². The van der Waals surface area contributed by atoms with Gasteiger partial charge in [-0.05, 0) is 38.0 Å². The van der Waals surface area contributed by atoms with Gasteiger partial charge in [0.25, 0.3) is 0 Å². The van der Waals surface area contributed by atoms with Crippen molar-refractivity contribution >= 4 is 11.9 Å². The fraction of sp³-hybridized carbons (Fsp3) is 0.667. The zero-order chi connectivity index (χ0) is 11.7. The van der Waals surface area contributed by atoms with Gasteiger partial charge in [-0.25, -0.2) is 4.79 Å². The molecule has 88 valence electrons. The predicted octanol–water partition coefficient (Wildman–Crippen LogP) is 1.23. The number of amides is 1. The zero-order valence-corrected chi connectivity index (χ0v) is 9.66. The highest BCUT2D eigenvalue weighted by Gasteiger charge is 2.47. The third kappa shape index (κ3) is 2.43. The van der Waals surface area contributed by atoms with E-state index in [0.717, 1.165) is 24.7 Å². The Labute approximate surface area is 95.0 Å². The van der Waals surface area contributed by atoms with Gasteiger partial charge in [-0.15, -0.1) is 0 Å². The minimum atomic E-state index is -0.438. The van der Waals surface area contributed by atoms with Crippen LogP contribution in [-0.2, 0) is 14.3 Å². The molecular formula is C12H17NO3. The summed E-state index contributed by atoms with van der Waals surface area (Å²) in [4.78, 5) is 22.7. The first-order valence-corrected chi connectivity index (χ1v) is 5.67. The zero-order valence-electron chi connectivity index (χ0n) is 9.66. The van der Waals surface area contributed by atoms with Crippen LogP contribution in [0.25, 0.3) is 0 Å². The van der Waals surface area contributed by atoms with Crippen LogP contribution in [0.1, 0.15) is 26.2 Å². The fourth-order valence-corrected chi connectivity index (χ4v) is 2.50. The van der Waals surface area contributed by atoms with Crippen LogP contribution in [0.5, 0.6) is 0 Å². The monoisotopic (exact) mass is 223 g/mol. The van der Waals surface area contributed by atoms with Crippen molar-refractivity contribution in [2.45, 2.75) is 26.2 Å². The van der Waals surface area contributed by atoms with E-state index in [4.69, 9.17) is 0 Å². The lowest BCUT2D eigenvalue weighted by atomic mass is 10.0. The van der Waals surface area contributed by atoms with Crippen LogP contribution in [0, 0.1) is 17.8 Å². The van der Waals surface area contributed by atoms with Gasteiger partial charge in [-0.1, -0.05) is 0 Å². The molecule has 1 amide bonds. The van der Waals surface area contributed by atoms with E-state index in [1.54, 1.807) is 6.92 Å². The molecule has 2 atom stereocenters. The van der Waals surface area contributed by atoms with Crippen LogP contribution in [0.2, 0.25) is 0 Å². The average molecular weight is 223 g/mol. The highest BCUT2D eigenvalue weighted by Crippen LogP contribution is 2.54. The average Bonchev–Trinajstić information content (AvgIpc) is 2.85. The molecule has 16 heavy (non-hydrogen) atoms. The van der Waals surface area contributed by atoms with Gasteiger partial charge in [0.05, 0.1) is 7.11 Å². The van der Waals surface area contributed by atoms with Crippen LogP contribution in [-0.4, -0.2) is 19.0 Å². The molecule has 0 saturated heterocycles. The van der Waals surface area contributed by atoms with Gasteiger partial charge in [-0.3, -0.25) is 4.79 Å². The largest absolute Gasteiger partial charge is 0.466 e. The van der Waals surface area contributed by atoms with Gasteiger partial charge in [0, 0.05) is 17.7 Å². The lowest BCUT2D eigenvalue weighted by Crippen LogP contribution is -2.29. The van der Waals surface area contributed by atoms with Crippen LogP contribution in [0.15, 0.2) is 11.8 Å². The molecule has 1 N–H and O–H groups in total. The van der Waals surface area contributed by atoms with Crippen LogP contribution in [0.3, 0.4) is 0 Å². The molecule has 0 aromatic heterocycles. The Balaban J connectivity index is 1.82. The van der Waals surface area contributed by atoms with Crippen molar-refractivity contribution in [3.8, 4) is 0 Å². The summed E-state index contributed by atoms with van der Waals surface area (Å²) >= 11 is 0. The van der Waals surface area contributed by atoms with Crippen molar-refractivity contribution in [3.63, 3.8) is 0 Å². The first-order chi connectivity index (χ1) is 7.60. The van der Waals surface area contributed by atoms with Crippen LogP contribution < -0.4 is 5.32 Å². The molecule has 0 bridgehead atoms. The first kappa shape index (κ1) is 11.2. The minimum Gasteiger partial charge on any atom is -0.466 e. The summed E-state index contributed by atoms with van der Waals surface area (Å²) < 4.78 is 4.49. The number of allylic oxidation sites excluding steroid dienone is 1. The molecule has 2 saturated carbocycles. The number of ether oxygens (including phenoxy) is 1. The second kappa shape index (κ2) is 4.28. The van der Waals surface area contributed by atoms with Gasteiger partial charge in [0.1, 0.15) is 0 Å². The highest BCUT2D eigenvalue weighted by atomic mass is 16.5. The molecule has 0 spiro atoms. The molecule has 0 aromatic carbocycles. The topological polar surface area (TPSA) is 55.4 Å². The summed E-state index contributed by atoms with van der Waals surface area (Å²) in [6, 6.07) is 0. The van der Waals surface area contributed by atoms with Crippen LogP contribution in [0.4, 0.5) is 0 Å². The van der Waals surface area contributed by atoms with E-state index >= 15 is 0 Å². The van der Waals surface area contributed by atoms with E-state index in [1.807, 2.05) is 0 Å². The maximum Gasteiger partial charge on any atom is 0.332 e. The smallest absolute Gasteiger partial charge is 0.332 e. The van der Waals surface area contributed by atoms with E-state index in [0.29, 0.717) is 5.70 Å². The summed E-state index contributed by atoms with van der Waals surface area (Å²) in [5.41, 5.74) is 0.553. The number of fused-ring (bicyclic) bond motifs is 1. The Morgan fingerprint density at radius 2 is 1.88 bits per heavy atom. The molecule has 4 heteroatoms. The number of esters is 1. The van der Waals surface area contributed by atoms with Crippen molar-refractivity contribution in [1.82, 2.24) is 5.32 Å². The number of hydrogen-bond donors (Lipinski definition) is 1. The van der Waals surface area contributed by atoms with E-state index in [9.17, 15) is 9.59 Å². The summed E-state index contributed by atoms with van der Waals surface area (Å²) in [5, 5.41) is 2.75. The second-order valence-corrected chi connectivity index (χ2v) is 4.76. The predicted molar refractivity (Wildman–Crippen MR) is 58.2 cm³/mol. The number of nitrogens with one attached hydrogen (secondary N) is 1. The second-order valence-electron chi connectivity index (χ2n) is 4.76. The molecule has 2 fully saturated rings. The Bertz CT molecular complexity index is 338. The minimum absolute atomic E-state index is 0.0462. The lowest BCUT2D eigenvalue weighted by molar-refractivity contribution is -0.134. The Kier molecular flexibility index (Phi) is 2.99. The lowest BCUT2D eigenvalue weighted by Gasteiger charge is -2.12. The Morgan fingerprint density at radius 3 is 2.44 bits per heavy atom. The van der Waals surface area contributed by atoms with Crippen LogP contribution >= 0.6 is 0 Å². The van der Waals surface area contributed by atoms with E-state index in [1.165, 1.54) is 19.6 Å². The number of carbonyl (C=O) groups is 2. The summed E-state index contributed by atoms with van der Waals surface area (Å²) in [6.45, 7) is 1.70. The summed E-state index contributed by atoms with van der Waals surface area (Å²) in [6.07, 6.45) is 4.64. The van der Waals surface area contributed by atoms with E-state index in [2.05, 4.69) is 10.1 Å². The normalized spacial score (nSPS) is 31.9. The molecule has 2 aliphatic carbocycles. The summed E-state index contributed by atoms with van der Waals surface area (Å²) in [5.74, 6) is 1.34. The molecule has 4 nitrogen and oxygen atoms in total.